The first kappa shape index (κ1) is 20.8. The van der Waals surface area contributed by atoms with E-state index in [2.05, 4.69) is 11.1 Å². The lowest BCUT2D eigenvalue weighted by Gasteiger charge is -2.31. The monoisotopic (exact) mass is 416 g/mol. The fourth-order valence-corrected chi connectivity index (χ4v) is 3.92. The Morgan fingerprint density at radius 3 is 2.77 bits per heavy atom. The van der Waals surface area contributed by atoms with Crippen molar-refractivity contribution in [3.63, 3.8) is 0 Å². The van der Waals surface area contributed by atoms with Gasteiger partial charge in [-0.2, -0.15) is 0 Å². The number of fused-ring (bicyclic) bond motifs is 1. The molecule has 0 aliphatic carbocycles. The van der Waals surface area contributed by atoms with E-state index in [9.17, 15) is 9.18 Å². The van der Waals surface area contributed by atoms with Gasteiger partial charge in [0.25, 0.3) is 0 Å². The molecule has 0 fully saturated rings. The highest BCUT2D eigenvalue weighted by Gasteiger charge is 2.25. The Balaban J connectivity index is 1.65. The highest BCUT2D eigenvalue weighted by Crippen LogP contribution is 2.30. The summed E-state index contributed by atoms with van der Waals surface area (Å²) < 4.78 is 19.1. The second-order valence-corrected chi connectivity index (χ2v) is 7.57. The molecule has 0 bridgehead atoms. The van der Waals surface area contributed by atoms with Gasteiger partial charge in [-0.25, -0.2) is 4.39 Å². The second kappa shape index (κ2) is 9.56. The Morgan fingerprint density at radius 1 is 1.19 bits per heavy atom. The number of aromatic nitrogens is 1. The molecule has 1 aliphatic rings. The molecule has 1 unspecified atom stereocenters. The van der Waals surface area contributed by atoms with Crippen molar-refractivity contribution in [2.24, 2.45) is 0 Å². The number of carbonyl (C=O) groups excluding carboxylic acids is 1. The van der Waals surface area contributed by atoms with Gasteiger partial charge in [-0.05, 0) is 65.1 Å². The summed E-state index contributed by atoms with van der Waals surface area (Å²) in [6, 6.07) is 15.7. The molecule has 1 aliphatic heterocycles. The second-order valence-electron chi connectivity index (χ2n) is 7.57. The molecule has 31 heavy (non-hydrogen) atoms. The Morgan fingerprint density at radius 2 is 2.03 bits per heavy atom. The highest BCUT2D eigenvalue weighted by atomic mass is 19.1. The zero-order valence-corrected chi connectivity index (χ0v) is 17.5. The molecule has 4 rings (SSSR count). The van der Waals surface area contributed by atoms with Crippen LogP contribution >= 0.6 is 0 Å². The number of hydrogen-bond acceptors (Lipinski definition) is 3. The summed E-state index contributed by atoms with van der Waals surface area (Å²) in [5.74, 6) is 0.517. The average molecular weight is 416 g/mol. The minimum absolute atomic E-state index is 0.100. The van der Waals surface area contributed by atoms with Gasteiger partial charge in [-0.15, -0.1) is 0 Å². The zero-order valence-electron chi connectivity index (χ0n) is 17.5. The molecular weight excluding hydrogens is 391 g/mol. The topological polar surface area (TPSA) is 42.4 Å². The van der Waals surface area contributed by atoms with Crippen LogP contribution in [0.25, 0.3) is 6.08 Å². The molecule has 3 aromatic rings. The van der Waals surface area contributed by atoms with Crippen molar-refractivity contribution >= 4 is 12.0 Å². The minimum atomic E-state index is -0.347. The van der Waals surface area contributed by atoms with Crippen molar-refractivity contribution in [3.8, 4) is 5.75 Å². The number of halogens is 1. The predicted molar refractivity (Wildman–Crippen MR) is 119 cm³/mol. The van der Waals surface area contributed by atoms with Crippen LogP contribution in [0.15, 0.2) is 73.1 Å². The first-order valence-electron chi connectivity index (χ1n) is 10.6. The van der Waals surface area contributed by atoms with E-state index in [0.29, 0.717) is 13.2 Å². The van der Waals surface area contributed by atoms with E-state index < -0.39 is 0 Å². The minimum Gasteiger partial charge on any atom is -0.493 e. The van der Waals surface area contributed by atoms with Crippen LogP contribution in [0.1, 0.15) is 41.6 Å². The van der Waals surface area contributed by atoms with Crippen molar-refractivity contribution in [1.82, 2.24) is 9.88 Å². The number of benzene rings is 2. The van der Waals surface area contributed by atoms with Gasteiger partial charge in [0.05, 0.1) is 12.6 Å². The van der Waals surface area contributed by atoms with Crippen molar-refractivity contribution in [2.75, 3.05) is 13.2 Å². The third-order valence-corrected chi connectivity index (χ3v) is 5.38. The first-order valence-corrected chi connectivity index (χ1v) is 10.6. The van der Waals surface area contributed by atoms with E-state index in [1.165, 1.54) is 17.7 Å². The summed E-state index contributed by atoms with van der Waals surface area (Å²) in [4.78, 5) is 19.4. The molecule has 1 amide bonds. The van der Waals surface area contributed by atoms with Crippen molar-refractivity contribution in [1.29, 1.82) is 0 Å². The van der Waals surface area contributed by atoms with E-state index in [4.69, 9.17) is 4.74 Å². The van der Waals surface area contributed by atoms with Crippen molar-refractivity contribution < 1.29 is 13.9 Å². The quantitative estimate of drug-likeness (QED) is 0.498. The number of pyridine rings is 1. The zero-order chi connectivity index (χ0) is 21.6. The van der Waals surface area contributed by atoms with E-state index in [1.54, 1.807) is 30.6 Å². The molecule has 4 nitrogen and oxygen atoms in total. The Kier molecular flexibility index (Phi) is 6.41. The molecular formula is C26H25FN2O2. The Labute approximate surface area is 182 Å². The largest absolute Gasteiger partial charge is 0.493 e. The number of ether oxygens (including phenoxy) is 1. The molecule has 1 aromatic heterocycles. The summed E-state index contributed by atoms with van der Waals surface area (Å²) in [6.45, 7) is 3.31. The van der Waals surface area contributed by atoms with Crippen LogP contribution in [0.5, 0.6) is 5.75 Å². The SMILES string of the molecule is CCCN(C(=O)/C=C/c1ccc2c(c1)CCO2)C(c1ccc(F)cc1)c1cccnc1. The maximum absolute atomic E-state index is 13.6. The Bertz CT molecular complexity index is 1060. The predicted octanol–water partition coefficient (Wildman–Crippen LogP) is 5.20. The average Bonchev–Trinajstić information content (AvgIpc) is 3.27. The number of rotatable bonds is 7. The molecule has 1 atom stereocenters. The van der Waals surface area contributed by atoms with Gasteiger partial charge in [-0.1, -0.05) is 31.2 Å². The molecule has 0 spiro atoms. The number of carbonyl (C=O) groups is 1. The van der Waals surface area contributed by atoms with E-state index in [-0.39, 0.29) is 17.8 Å². The van der Waals surface area contributed by atoms with Crippen LogP contribution in [-0.4, -0.2) is 28.9 Å². The van der Waals surface area contributed by atoms with Gasteiger partial charge < -0.3 is 9.64 Å². The van der Waals surface area contributed by atoms with Gasteiger partial charge in [0.1, 0.15) is 11.6 Å². The van der Waals surface area contributed by atoms with Crippen LogP contribution in [0.4, 0.5) is 4.39 Å². The van der Waals surface area contributed by atoms with Gasteiger partial charge >= 0.3 is 0 Å². The van der Waals surface area contributed by atoms with Crippen LogP contribution in [0, 0.1) is 5.82 Å². The lowest BCUT2D eigenvalue weighted by Crippen LogP contribution is -2.35. The molecule has 2 heterocycles. The summed E-state index contributed by atoms with van der Waals surface area (Å²) in [6.07, 6.45) is 8.60. The van der Waals surface area contributed by atoms with E-state index >= 15 is 0 Å². The van der Waals surface area contributed by atoms with Crippen LogP contribution in [-0.2, 0) is 11.2 Å². The third-order valence-electron chi connectivity index (χ3n) is 5.38. The van der Waals surface area contributed by atoms with Gasteiger partial charge in [-0.3, -0.25) is 9.78 Å². The lowest BCUT2D eigenvalue weighted by molar-refractivity contribution is -0.127. The molecule has 0 saturated heterocycles. The summed E-state index contributed by atoms with van der Waals surface area (Å²) in [5.41, 5.74) is 3.87. The molecule has 2 aromatic carbocycles. The standard InChI is InChI=1S/C26H25FN2O2/c1-2-15-29(25(30)12-6-19-5-11-24-21(17-19)13-16-31-24)26(22-4-3-14-28-18-22)20-7-9-23(27)10-8-20/h3-12,14,17-18,26H,2,13,15-16H2,1H3/b12-6+. The maximum atomic E-state index is 13.6. The summed E-state index contributed by atoms with van der Waals surface area (Å²) in [5, 5.41) is 0. The van der Waals surface area contributed by atoms with E-state index in [1.807, 2.05) is 42.2 Å². The first-order chi connectivity index (χ1) is 15.2. The molecule has 0 N–H and O–H groups in total. The molecule has 0 radical (unpaired) electrons. The van der Waals surface area contributed by atoms with Gasteiger partial charge in [0.15, 0.2) is 0 Å². The molecule has 158 valence electrons. The maximum Gasteiger partial charge on any atom is 0.247 e. The fourth-order valence-electron chi connectivity index (χ4n) is 3.92. The Hall–Kier alpha value is -3.47. The van der Waals surface area contributed by atoms with Gasteiger partial charge in [0, 0.05) is 31.4 Å². The normalized spacial score (nSPS) is 13.6. The van der Waals surface area contributed by atoms with Crippen molar-refractivity contribution in [3.05, 3.63) is 101 Å². The smallest absolute Gasteiger partial charge is 0.247 e. The molecule has 0 saturated carbocycles. The fraction of sp³-hybridized carbons (Fsp3) is 0.231. The lowest BCUT2D eigenvalue weighted by atomic mass is 9.97. The van der Waals surface area contributed by atoms with Gasteiger partial charge in [0.2, 0.25) is 5.91 Å². The number of hydrogen-bond donors (Lipinski definition) is 0. The number of amides is 1. The van der Waals surface area contributed by atoms with Crippen LogP contribution in [0.2, 0.25) is 0 Å². The van der Waals surface area contributed by atoms with Crippen molar-refractivity contribution in [2.45, 2.75) is 25.8 Å². The van der Waals surface area contributed by atoms with Crippen LogP contribution in [0.3, 0.4) is 0 Å². The third kappa shape index (κ3) is 4.82. The van der Waals surface area contributed by atoms with E-state index in [0.717, 1.165) is 35.3 Å². The highest BCUT2D eigenvalue weighted by molar-refractivity contribution is 5.92. The summed E-state index contributed by atoms with van der Waals surface area (Å²) in [7, 11) is 0. The number of nitrogens with zero attached hydrogens (tertiary/aromatic N) is 2. The molecule has 5 heteroatoms. The van der Waals surface area contributed by atoms with Crippen LogP contribution < -0.4 is 4.74 Å². The summed E-state index contributed by atoms with van der Waals surface area (Å²) >= 11 is 0.